The Morgan fingerprint density at radius 1 is 1.27 bits per heavy atom. The zero-order chi connectivity index (χ0) is 18.5. The Kier molecular flexibility index (Phi) is 5.82. The van der Waals surface area contributed by atoms with Crippen LogP contribution >= 0.6 is 15.9 Å². The van der Waals surface area contributed by atoms with Gasteiger partial charge in [-0.15, -0.1) is 0 Å². The van der Waals surface area contributed by atoms with Gasteiger partial charge < -0.3 is 24.4 Å². The first-order chi connectivity index (χ1) is 12.6. The molecule has 7 nitrogen and oxygen atoms in total. The molecule has 8 heteroatoms. The minimum Gasteiger partial charge on any atom is -0.495 e. The topological polar surface area (TPSA) is 72.9 Å². The van der Waals surface area contributed by atoms with Gasteiger partial charge in [-0.1, -0.05) is 6.07 Å². The number of ether oxygens (including phenoxy) is 3. The molecule has 1 atom stereocenters. The maximum atomic E-state index is 12.5. The fourth-order valence-electron chi connectivity index (χ4n) is 2.74. The second-order valence-electron chi connectivity index (χ2n) is 5.77. The largest absolute Gasteiger partial charge is 0.495 e. The average molecular weight is 422 g/mol. The SMILES string of the molecule is COc1cc(NC(=O)N2CCC(Oc3ccccn3)C2)cc(OC)c1Br. The maximum absolute atomic E-state index is 12.5. The number of anilines is 1. The van der Waals surface area contributed by atoms with Gasteiger partial charge in [-0.3, -0.25) is 0 Å². The number of methoxy groups -OCH3 is 2. The molecule has 1 fully saturated rings. The fourth-order valence-corrected chi connectivity index (χ4v) is 3.29. The van der Waals surface area contributed by atoms with Crippen molar-refractivity contribution >= 4 is 27.6 Å². The highest BCUT2D eigenvalue weighted by Gasteiger charge is 2.28. The first-order valence-electron chi connectivity index (χ1n) is 8.16. The molecule has 0 spiro atoms. The van der Waals surface area contributed by atoms with Gasteiger partial charge in [0, 0.05) is 43.0 Å². The summed E-state index contributed by atoms with van der Waals surface area (Å²) in [5.41, 5.74) is 0.598. The van der Waals surface area contributed by atoms with Crippen molar-refractivity contribution in [1.29, 1.82) is 0 Å². The Bertz CT molecular complexity index is 747. The van der Waals surface area contributed by atoms with Gasteiger partial charge in [0.25, 0.3) is 0 Å². The Morgan fingerprint density at radius 2 is 2.00 bits per heavy atom. The molecule has 1 saturated heterocycles. The van der Waals surface area contributed by atoms with E-state index in [4.69, 9.17) is 14.2 Å². The van der Waals surface area contributed by atoms with E-state index in [1.807, 2.05) is 18.2 Å². The van der Waals surface area contributed by atoms with Crippen molar-refractivity contribution in [3.8, 4) is 17.4 Å². The molecular formula is C18H20BrN3O4. The van der Waals surface area contributed by atoms with Crippen LogP contribution in [0.4, 0.5) is 10.5 Å². The van der Waals surface area contributed by atoms with E-state index in [1.165, 1.54) is 0 Å². The van der Waals surface area contributed by atoms with Gasteiger partial charge >= 0.3 is 6.03 Å². The van der Waals surface area contributed by atoms with Crippen molar-refractivity contribution in [2.75, 3.05) is 32.6 Å². The number of hydrogen-bond acceptors (Lipinski definition) is 5. The van der Waals surface area contributed by atoms with Crippen LogP contribution in [0.3, 0.4) is 0 Å². The number of pyridine rings is 1. The molecule has 2 aromatic rings. The van der Waals surface area contributed by atoms with Crippen LogP contribution in [0.25, 0.3) is 0 Å². The lowest BCUT2D eigenvalue weighted by molar-refractivity contribution is 0.190. The number of carbonyl (C=O) groups is 1. The molecular weight excluding hydrogens is 402 g/mol. The van der Waals surface area contributed by atoms with Crippen molar-refractivity contribution < 1.29 is 19.0 Å². The number of benzene rings is 1. The molecule has 2 amide bonds. The van der Waals surface area contributed by atoms with Crippen molar-refractivity contribution in [3.63, 3.8) is 0 Å². The molecule has 2 heterocycles. The van der Waals surface area contributed by atoms with Crippen molar-refractivity contribution in [2.45, 2.75) is 12.5 Å². The number of nitrogens with zero attached hydrogens (tertiary/aromatic N) is 2. The molecule has 1 aromatic heterocycles. The van der Waals surface area contributed by atoms with Crippen LogP contribution < -0.4 is 19.5 Å². The Morgan fingerprint density at radius 3 is 2.62 bits per heavy atom. The average Bonchev–Trinajstić information content (AvgIpc) is 3.12. The molecule has 0 bridgehead atoms. The van der Waals surface area contributed by atoms with E-state index in [0.717, 1.165) is 6.42 Å². The van der Waals surface area contributed by atoms with Gasteiger partial charge in [-0.25, -0.2) is 9.78 Å². The number of carbonyl (C=O) groups excluding carboxylic acids is 1. The van der Waals surface area contributed by atoms with Gasteiger partial charge in [-0.2, -0.15) is 0 Å². The number of likely N-dealkylation sites (tertiary alicyclic amines) is 1. The summed E-state index contributed by atoms with van der Waals surface area (Å²) in [5, 5.41) is 2.88. The quantitative estimate of drug-likeness (QED) is 0.798. The van der Waals surface area contributed by atoms with Crippen LogP contribution in [0.15, 0.2) is 41.0 Å². The molecule has 0 radical (unpaired) electrons. The molecule has 26 heavy (non-hydrogen) atoms. The van der Waals surface area contributed by atoms with E-state index < -0.39 is 0 Å². The number of aromatic nitrogens is 1. The lowest BCUT2D eigenvalue weighted by Crippen LogP contribution is -2.34. The Hall–Kier alpha value is -2.48. The van der Waals surface area contributed by atoms with Crippen molar-refractivity contribution in [3.05, 3.63) is 41.0 Å². The highest BCUT2D eigenvalue weighted by molar-refractivity contribution is 9.10. The Balaban J connectivity index is 1.62. The number of hydrogen-bond donors (Lipinski definition) is 1. The molecule has 1 aromatic carbocycles. The first kappa shape index (κ1) is 18.3. The van der Waals surface area contributed by atoms with E-state index >= 15 is 0 Å². The minimum absolute atomic E-state index is 0.0651. The van der Waals surface area contributed by atoms with Crippen LogP contribution in [0.1, 0.15) is 6.42 Å². The van der Waals surface area contributed by atoms with Crippen LogP contribution in [0.2, 0.25) is 0 Å². The van der Waals surface area contributed by atoms with Gasteiger partial charge in [0.2, 0.25) is 5.88 Å². The molecule has 3 rings (SSSR count). The second-order valence-corrected chi connectivity index (χ2v) is 6.56. The van der Waals surface area contributed by atoms with Gasteiger partial charge in [0.1, 0.15) is 22.1 Å². The predicted octanol–water partition coefficient (Wildman–Crippen LogP) is 3.55. The summed E-state index contributed by atoms with van der Waals surface area (Å²) in [6, 6.07) is 8.80. The third-order valence-corrected chi connectivity index (χ3v) is 4.84. The normalized spacial score (nSPS) is 16.3. The van der Waals surface area contributed by atoms with Crippen molar-refractivity contribution in [1.82, 2.24) is 9.88 Å². The fraction of sp³-hybridized carbons (Fsp3) is 0.333. The zero-order valence-electron chi connectivity index (χ0n) is 14.6. The first-order valence-corrected chi connectivity index (χ1v) is 8.95. The molecule has 1 aliphatic rings. The number of halogens is 1. The predicted molar refractivity (Wildman–Crippen MR) is 101 cm³/mol. The molecule has 0 aliphatic carbocycles. The molecule has 1 unspecified atom stereocenters. The standard InChI is InChI=1S/C18H20BrN3O4/c1-24-14-9-12(10-15(25-2)17(14)19)21-18(23)22-8-6-13(11-22)26-16-5-3-4-7-20-16/h3-5,7,9-10,13H,6,8,11H2,1-2H3,(H,21,23). The van der Waals surface area contributed by atoms with Crippen molar-refractivity contribution in [2.24, 2.45) is 0 Å². The summed E-state index contributed by atoms with van der Waals surface area (Å²) in [6.07, 6.45) is 2.38. The lowest BCUT2D eigenvalue weighted by Gasteiger charge is -2.19. The van der Waals surface area contributed by atoms with E-state index in [0.29, 0.717) is 40.6 Å². The molecule has 1 N–H and O–H groups in total. The smallest absolute Gasteiger partial charge is 0.321 e. The molecule has 0 saturated carbocycles. The van der Waals surface area contributed by atoms with Gasteiger partial charge in [0.05, 0.1) is 20.8 Å². The van der Waals surface area contributed by atoms with Gasteiger partial charge in [-0.05, 0) is 22.0 Å². The molecule has 1 aliphatic heterocycles. The van der Waals surface area contributed by atoms with Crippen LogP contribution in [0.5, 0.6) is 17.4 Å². The number of urea groups is 1. The summed E-state index contributed by atoms with van der Waals surface area (Å²) >= 11 is 3.41. The minimum atomic E-state index is -0.191. The monoisotopic (exact) mass is 421 g/mol. The highest BCUT2D eigenvalue weighted by Crippen LogP contribution is 2.37. The number of amides is 2. The third kappa shape index (κ3) is 4.19. The summed E-state index contributed by atoms with van der Waals surface area (Å²) in [6.45, 7) is 1.13. The highest BCUT2D eigenvalue weighted by atomic mass is 79.9. The summed E-state index contributed by atoms with van der Waals surface area (Å²) in [4.78, 5) is 18.4. The van der Waals surface area contributed by atoms with Crippen LogP contribution in [-0.4, -0.2) is 49.3 Å². The Labute approximate surface area is 160 Å². The van der Waals surface area contributed by atoms with E-state index in [-0.39, 0.29) is 12.1 Å². The van der Waals surface area contributed by atoms with Crippen LogP contribution in [-0.2, 0) is 0 Å². The van der Waals surface area contributed by atoms with E-state index in [2.05, 4.69) is 26.2 Å². The summed E-state index contributed by atoms with van der Waals surface area (Å²) in [7, 11) is 3.12. The summed E-state index contributed by atoms with van der Waals surface area (Å²) in [5.74, 6) is 1.73. The summed E-state index contributed by atoms with van der Waals surface area (Å²) < 4.78 is 17.1. The second kappa shape index (κ2) is 8.27. The maximum Gasteiger partial charge on any atom is 0.321 e. The molecule has 138 valence electrons. The van der Waals surface area contributed by atoms with E-state index in [9.17, 15) is 4.79 Å². The van der Waals surface area contributed by atoms with Gasteiger partial charge in [0.15, 0.2) is 0 Å². The number of rotatable bonds is 5. The number of nitrogens with one attached hydrogen (secondary N) is 1. The third-order valence-electron chi connectivity index (χ3n) is 4.05. The lowest BCUT2D eigenvalue weighted by atomic mass is 10.2. The van der Waals surface area contributed by atoms with Crippen LogP contribution in [0, 0.1) is 0 Å². The zero-order valence-corrected chi connectivity index (χ0v) is 16.2. The van der Waals surface area contributed by atoms with E-state index in [1.54, 1.807) is 37.4 Å².